The highest BCUT2D eigenvalue weighted by atomic mass is 79.9. The van der Waals surface area contributed by atoms with E-state index in [1.54, 1.807) is 52.0 Å². The molecule has 0 bridgehead atoms. The Balaban J connectivity index is 2.01. The van der Waals surface area contributed by atoms with Gasteiger partial charge in [0.15, 0.2) is 12.4 Å². The number of nitrogens with zero attached hydrogens (tertiary/aromatic N) is 1. The number of Topliss-reactive ketones (excluding diaryl/α,β-unsaturated/α-hetero) is 1. The molecule has 1 atom stereocenters. The number of amides is 1. The maximum Gasteiger partial charge on any atom is 0.411 e. The van der Waals surface area contributed by atoms with Gasteiger partial charge in [0.25, 0.3) is 0 Å². The van der Waals surface area contributed by atoms with Crippen molar-refractivity contribution in [3.8, 4) is 0 Å². The lowest BCUT2D eigenvalue weighted by molar-refractivity contribution is -0.154. The minimum atomic E-state index is -1.12. The Bertz CT molecular complexity index is 695. The quantitative estimate of drug-likeness (QED) is 0.538. The summed E-state index contributed by atoms with van der Waals surface area (Å²) < 4.78 is 11.5. The molecule has 1 fully saturated rings. The standard InChI is InChI=1S/C19H24BrNO5/c1-18(2,3)26-17(24)21-11-5-10-19(21,4)16(23)25-12-15(22)13-6-8-14(20)9-7-13/h6-9H,5,10-12H2,1-4H3/t19-/m0/s1. The first-order valence-corrected chi connectivity index (χ1v) is 9.29. The Morgan fingerprint density at radius 3 is 2.38 bits per heavy atom. The summed E-state index contributed by atoms with van der Waals surface area (Å²) in [7, 11) is 0. The highest BCUT2D eigenvalue weighted by Gasteiger charge is 2.48. The Kier molecular flexibility index (Phi) is 6.11. The third-order valence-corrected chi connectivity index (χ3v) is 4.72. The molecule has 0 spiro atoms. The molecule has 0 saturated carbocycles. The Morgan fingerprint density at radius 2 is 1.81 bits per heavy atom. The Labute approximate surface area is 162 Å². The third kappa shape index (κ3) is 4.84. The van der Waals surface area contributed by atoms with E-state index in [4.69, 9.17) is 9.47 Å². The molecule has 2 rings (SSSR count). The first-order chi connectivity index (χ1) is 12.0. The minimum absolute atomic E-state index is 0.295. The molecule has 0 radical (unpaired) electrons. The highest BCUT2D eigenvalue weighted by molar-refractivity contribution is 9.10. The van der Waals surface area contributed by atoms with Gasteiger partial charge < -0.3 is 9.47 Å². The predicted octanol–water partition coefficient (Wildman–Crippen LogP) is 3.96. The van der Waals surface area contributed by atoms with Crippen LogP contribution in [-0.2, 0) is 14.3 Å². The summed E-state index contributed by atoms with van der Waals surface area (Å²) in [5.41, 5.74) is -1.31. The number of rotatable bonds is 4. The molecule has 142 valence electrons. The zero-order chi connectivity index (χ0) is 19.5. The van der Waals surface area contributed by atoms with E-state index < -0.39 is 23.2 Å². The Morgan fingerprint density at radius 1 is 1.19 bits per heavy atom. The summed E-state index contributed by atoms with van der Waals surface area (Å²) >= 11 is 3.30. The van der Waals surface area contributed by atoms with Gasteiger partial charge >= 0.3 is 12.1 Å². The zero-order valence-electron chi connectivity index (χ0n) is 15.5. The molecule has 0 unspecified atom stereocenters. The topological polar surface area (TPSA) is 72.9 Å². The summed E-state index contributed by atoms with van der Waals surface area (Å²) in [5.74, 6) is -0.886. The van der Waals surface area contributed by atoms with Crippen LogP contribution in [0, 0.1) is 0 Å². The lowest BCUT2D eigenvalue weighted by Gasteiger charge is -2.34. The van der Waals surface area contributed by atoms with Crippen molar-refractivity contribution in [1.82, 2.24) is 4.90 Å². The molecule has 6 nitrogen and oxygen atoms in total. The molecular weight excluding hydrogens is 402 g/mol. The van der Waals surface area contributed by atoms with Crippen LogP contribution in [-0.4, -0.2) is 47.0 Å². The van der Waals surface area contributed by atoms with Crippen LogP contribution in [0.3, 0.4) is 0 Å². The molecule has 1 aromatic rings. The number of benzene rings is 1. The van der Waals surface area contributed by atoms with Crippen LogP contribution in [0.25, 0.3) is 0 Å². The number of ketones is 1. The van der Waals surface area contributed by atoms with E-state index in [1.165, 1.54) is 4.90 Å². The normalized spacial score (nSPS) is 20.0. The predicted molar refractivity (Wildman–Crippen MR) is 100 cm³/mol. The molecule has 1 heterocycles. The van der Waals surface area contributed by atoms with Gasteiger partial charge in [0.1, 0.15) is 11.1 Å². The summed E-state index contributed by atoms with van der Waals surface area (Å²) in [5, 5.41) is 0. The fourth-order valence-corrected chi connectivity index (χ4v) is 3.06. The molecule has 26 heavy (non-hydrogen) atoms. The van der Waals surface area contributed by atoms with Crippen molar-refractivity contribution in [2.45, 2.75) is 51.7 Å². The van der Waals surface area contributed by atoms with Crippen molar-refractivity contribution in [2.24, 2.45) is 0 Å². The van der Waals surface area contributed by atoms with Crippen LogP contribution in [0.5, 0.6) is 0 Å². The summed E-state index contributed by atoms with van der Waals surface area (Å²) in [6.07, 6.45) is 0.594. The number of esters is 1. The largest absolute Gasteiger partial charge is 0.456 e. The summed E-state index contributed by atoms with van der Waals surface area (Å²) in [6, 6.07) is 6.81. The van der Waals surface area contributed by atoms with E-state index in [2.05, 4.69) is 15.9 Å². The van der Waals surface area contributed by atoms with Gasteiger partial charge in [-0.3, -0.25) is 9.69 Å². The SMILES string of the molecule is CC(C)(C)OC(=O)N1CCC[C@@]1(C)C(=O)OCC(=O)c1ccc(Br)cc1. The number of likely N-dealkylation sites (tertiary alicyclic amines) is 1. The minimum Gasteiger partial charge on any atom is -0.456 e. The molecule has 1 aliphatic heterocycles. The molecule has 1 amide bonds. The number of hydrogen-bond donors (Lipinski definition) is 0. The van der Waals surface area contributed by atoms with E-state index in [9.17, 15) is 14.4 Å². The molecule has 0 aromatic heterocycles. The fraction of sp³-hybridized carbons (Fsp3) is 0.526. The molecule has 0 N–H and O–H groups in total. The van der Waals surface area contributed by atoms with E-state index in [0.717, 1.165) is 4.47 Å². The van der Waals surface area contributed by atoms with Crippen molar-refractivity contribution < 1.29 is 23.9 Å². The second-order valence-corrected chi connectivity index (χ2v) is 8.43. The number of hydrogen-bond acceptors (Lipinski definition) is 5. The van der Waals surface area contributed by atoms with Crippen molar-refractivity contribution in [3.63, 3.8) is 0 Å². The van der Waals surface area contributed by atoms with Crippen molar-refractivity contribution in [2.75, 3.05) is 13.2 Å². The van der Waals surface area contributed by atoms with Gasteiger partial charge in [0.2, 0.25) is 0 Å². The van der Waals surface area contributed by atoms with Crippen LogP contribution in [0.2, 0.25) is 0 Å². The summed E-state index contributed by atoms with van der Waals surface area (Å²) in [6.45, 7) is 7.02. The molecule has 7 heteroatoms. The maximum atomic E-state index is 12.6. The number of ether oxygens (including phenoxy) is 2. The van der Waals surface area contributed by atoms with Gasteiger partial charge in [-0.25, -0.2) is 9.59 Å². The number of carbonyl (C=O) groups is 3. The van der Waals surface area contributed by atoms with Gasteiger partial charge in [0, 0.05) is 16.6 Å². The first-order valence-electron chi connectivity index (χ1n) is 8.49. The average Bonchev–Trinajstić information content (AvgIpc) is 2.94. The zero-order valence-corrected chi connectivity index (χ0v) is 17.1. The molecule has 1 saturated heterocycles. The van der Waals surface area contributed by atoms with Crippen molar-refractivity contribution >= 4 is 33.8 Å². The van der Waals surface area contributed by atoms with E-state index in [1.807, 2.05) is 0 Å². The van der Waals surface area contributed by atoms with Crippen molar-refractivity contribution in [3.05, 3.63) is 34.3 Å². The van der Waals surface area contributed by atoms with Crippen LogP contribution in [0.15, 0.2) is 28.7 Å². The average molecular weight is 426 g/mol. The maximum absolute atomic E-state index is 12.6. The summed E-state index contributed by atoms with van der Waals surface area (Å²) in [4.78, 5) is 38.6. The van der Waals surface area contributed by atoms with Crippen LogP contribution < -0.4 is 0 Å². The Hall–Kier alpha value is -1.89. The van der Waals surface area contributed by atoms with Gasteiger partial charge in [-0.2, -0.15) is 0 Å². The van der Waals surface area contributed by atoms with Gasteiger partial charge in [0.05, 0.1) is 0 Å². The van der Waals surface area contributed by atoms with Gasteiger partial charge in [-0.15, -0.1) is 0 Å². The molecule has 1 aliphatic rings. The lowest BCUT2D eigenvalue weighted by atomic mass is 9.99. The number of halogens is 1. The van der Waals surface area contributed by atoms with Crippen molar-refractivity contribution in [1.29, 1.82) is 0 Å². The van der Waals surface area contributed by atoms with Gasteiger partial charge in [-0.05, 0) is 52.7 Å². The second kappa shape index (κ2) is 7.78. The van der Waals surface area contributed by atoms with E-state index in [0.29, 0.717) is 24.9 Å². The third-order valence-electron chi connectivity index (χ3n) is 4.20. The molecule has 0 aliphatic carbocycles. The van der Waals surface area contributed by atoms with Crippen LogP contribution in [0.1, 0.15) is 50.9 Å². The second-order valence-electron chi connectivity index (χ2n) is 7.52. The fourth-order valence-electron chi connectivity index (χ4n) is 2.79. The van der Waals surface area contributed by atoms with Crippen LogP contribution in [0.4, 0.5) is 4.79 Å². The van der Waals surface area contributed by atoms with E-state index >= 15 is 0 Å². The lowest BCUT2D eigenvalue weighted by Crippen LogP contribution is -2.53. The number of carbonyl (C=O) groups excluding carboxylic acids is 3. The molecular formula is C19H24BrNO5. The smallest absolute Gasteiger partial charge is 0.411 e. The van der Waals surface area contributed by atoms with Gasteiger partial charge in [-0.1, -0.05) is 28.1 Å². The first kappa shape index (κ1) is 20.4. The van der Waals surface area contributed by atoms with E-state index in [-0.39, 0.29) is 12.4 Å². The monoisotopic (exact) mass is 425 g/mol. The molecule has 1 aromatic carbocycles. The highest BCUT2D eigenvalue weighted by Crippen LogP contribution is 2.32. The van der Waals surface area contributed by atoms with Crippen LogP contribution >= 0.6 is 15.9 Å².